The van der Waals surface area contributed by atoms with E-state index in [9.17, 15) is 9.59 Å². The normalized spacial score (nSPS) is 12.3. The van der Waals surface area contributed by atoms with Crippen LogP contribution in [0.1, 0.15) is 116 Å². The molecule has 0 unspecified atom stereocenters. The Kier molecular flexibility index (Phi) is 20.3. The Labute approximate surface area is 178 Å². The predicted octanol–water partition coefficient (Wildman–Crippen LogP) is 5.72. The molecule has 0 heterocycles. The van der Waals surface area contributed by atoms with Crippen LogP contribution in [0.15, 0.2) is 12.2 Å². The van der Waals surface area contributed by atoms with Gasteiger partial charge in [-0.2, -0.15) is 0 Å². The molecule has 5 heteroatoms. The SMILES string of the molecule is CCC/C=C/CCCCCCCCCCCCC(=O)NCCCC[C@H](N)C(=O)O. The molecule has 0 rings (SSSR count). The fourth-order valence-corrected chi connectivity index (χ4v) is 3.29. The van der Waals surface area contributed by atoms with Crippen LogP contribution in [-0.2, 0) is 9.59 Å². The highest BCUT2D eigenvalue weighted by atomic mass is 16.4. The molecule has 0 aliphatic heterocycles. The highest BCUT2D eigenvalue weighted by Gasteiger charge is 2.10. The molecular formula is C24H46N2O3. The van der Waals surface area contributed by atoms with E-state index >= 15 is 0 Å². The van der Waals surface area contributed by atoms with Crippen molar-refractivity contribution in [2.75, 3.05) is 6.54 Å². The quantitative estimate of drug-likeness (QED) is 0.167. The number of nitrogens with one attached hydrogen (secondary N) is 1. The van der Waals surface area contributed by atoms with Gasteiger partial charge in [0, 0.05) is 13.0 Å². The van der Waals surface area contributed by atoms with Gasteiger partial charge in [0.1, 0.15) is 6.04 Å². The summed E-state index contributed by atoms with van der Waals surface area (Å²) in [4.78, 5) is 22.3. The first-order valence-electron chi connectivity index (χ1n) is 12.0. The van der Waals surface area contributed by atoms with Gasteiger partial charge in [-0.1, -0.05) is 76.9 Å². The van der Waals surface area contributed by atoms with Crippen molar-refractivity contribution in [3.05, 3.63) is 12.2 Å². The number of aliphatic carboxylic acids is 1. The fraction of sp³-hybridized carbons (Fsp3) is 0.833. The van der Waals surface area contributed by atoms with Crippen molar-refractivity contribution >= 4 is 11.9 Å². The number of carboxylic acids is 1. The van der Waals surface area contributed by atoms with Crippen molar-refractivity contribution in [2.24, 2.45) is 5.73 Å². The van der Waals surface area contributed by atoms with Crippen LogP contribution in [0.2, 0.25) is 0 Å². The molecule has 0 spiro atoms. The number of carbonyl (C=O) groups excluding carboxylic acids is 1. The molecule has 29 heavy (non-hydrogen) atoms. The van der Waals surface area contributed by atoms with Gasteiger partial charge in [0.25, 0.3) is 0 Å². The van der Waals surface area contributed by atoms with E-state index in [1.54, 1.807) is 0 Å². The second-order valence-electron chi connectivity index (χ2n) is 8.12. The summed E-state index contributed by atoms with van der Waals surface area (Å²) in [7, 11) is 0. The average molecular weight is 411 g/mol. The van der Waals surface area contributed by atoms with E-state index in [4.69, 9.17) is 10.8 Å². The van der Waals surface area contributed by atoms with E-state index in [1.165, 1.54) is 70.6 Å². The molecule has 0 aromatic rings. The topological polar surface area (TPSA) is 92.4 Å². The molecule has 0 aromatic heterocycles. The van der Waals surface area contributed by atoms with Gasteiger partial charge in [0.05, 0.1) is 0 Å². The molecule has 1 atom stereocenters. The standard InChI is InChI=1S/C24H46N2O3/c1-2-3-4-5-6-7-8-9-10-11-12-13-14-15-16-20-23(27)26-21-18-17-19-22(25)24(28)29/h4-5,22H,2-3,6-21,25H2,1H3,(H,26,27)(H,28,29)/b5-4+/t22-/m0/s1. The summed E-state index contributed by atoms with van der Waals surface area (Å²) in [5.41, 5.74) is 5.44. The van der Waals surface area contributed by atoms with E-state index in [0.29, 0.717) is 19.4 Å². The van der Waals surface area contributed by atoms with Crippen molar-refractivity contribution in [3.63, 3.8) is 0 Å². The highest BCUT2D eigenvalue weighted by Crippen LogP contribution is 2.12. The van der Waals surface area contributed by atoms with E-state index in [-0.39, 0.29) is 5.91 Å². The Morgan fingerprint density at radius 1 is 0.828 bits per heavy atom. The smallest absolute Gasteiger partial charge is 0.320 e. The van der Waals surface area contributed by atoms with Gasteiger partial charge >= 0.3 is 5.97 Å². The van der Waals surface area contributed by atoms with Crippen molar-refractivity contribution in [1.82, 2.24) is 5.32 Å². The molecule has 0 saturated heterocycles. The van der Waals surface area contributed by atoms with Gasteiger partial charge in [-0.3, -0.25) is 9.59 Å². The minimum absolute atomic E-state index is 0.108. The summed E-state index contributed by atoms with van der Waals surface area (Å²) < 4.78 is 0. The van der Waals surface area contributed by atoms with Crippen LogP contribution < -0.4 is 11.1 Å². The Balaban J connectivity index is 3.24. The van der Waals surface area contributed by atoms with Crippen LogP contribution >= 0.6 is 0 Å². The molecule has 0 aliphatic rings. The molecule has 0 saturated carbocycles. The molecular weight excluding hydrogens is 364 g/mol. The number of allylic oxidation sites excluding steroid dienone is 2. The van der Waals surface area contributed by atoms with Crippen LogP contribution in [0.3, 0.4) is 0 Å². The Hall–Kier alpha value is -1.36. The number of hydrogen-bond donors (Lipinski definition) is 3. The predicted molar refractivity (Wildman–Crippen MR) is 122 cm³/mol. The molecule has 0 radical (unpaired) electrons. The zero-order chi connectivity index (χ0) is 21.6. The molecule has 0 aliphatic carbocycles. The summed E-state index contributed by atoms with van der Waals surface area (Å²) in [6.45, 7) is 2.83. The van der Waals surface area contributed by atoms with Gasteiger partial charge < -0.3 is 16.2 Å². The number of carboxylic acid groups (broad SMARTS) is 1. The van der Waals surface area contributed by atoms with Crippen LogP contribution in [0.25, 0.3) is 0 Å². The van der Waals surface area contributed by atoms with Crippen LogP contribution in [-0.4, -0.2) is 29.6 Å². The molecule has 5 nitrogen and oxygen atoms in total. The molecule has 0 bridgehead atoms. The van der Waals surface area contributed by atoms with Gasteiger partial charge in [-0.15, -0.1) is 0 Å². The number of unbranched alkanes of at least 4 members (excludes halogenated alkanes) is 12. The second-order valence-corrected chi connectivity index (χ2v) is 8.12. The maximum atomic E-state index is 11.7. The summed E-state index contributed by atoms with van der Waals surface area (Å²) in [6.07, 6.45) is 23.6. The maximum absolute atomic E-state index is 11.7. The first-order valence-corrected chi connectivity index (χ1v) is 12.0. The average Bonchev–Trinajstić information content (AvgIpc) is 2.70. The number of hydrogen-bond acceptors (Lipinski definition) is 3. The van der Waals surface area contributed by atoms with Crippen molar-refractivity contribution in [2.45, 2.75) is 122 Å². The molecule has 170 valence electrons. The zero-order valence-corrected chi connectivity index (χ0v) is 18.8. The Morgan fingerprint density at radius 2 is 1.38 bits per heavy atom. The molecule has 0 aromatic carbocycles. The summed E-state index contributed by atoms with van der Waals surface area (Å²) >= 11 is 0. The van der Waals surface area contributed by atoms with E-state index in [2.05, 4.69) is 24.4 Å². The van der Waals surface area contributed by atoms with Crippen LogP contribution in [0.4, 0.5) is 0 Å². The zero-order valence-electron chi connectivity index (χ0n) is 18.8. The van der Waals surface area contributed by atoms with Gasteiger partial charge in [-0.25, -0.2) is 0 Å². The third kappa shape index (κ3) is 21.2. The molecule has 1 amide bonds. The Bertz CT molecular complexity index is 424. The first kappa shape index (κ1) is 27.6. The largest absolute Gasteiger partial charge is 0.480 e. The van der Waals surface area contributed by atoms with E-state index in [1.807, 2.05) is 0 Å². The Morgan fingerprint density at radius 3 is 1.97 bits per heavy atom. The van der Waals surface area contributed by atoms with Crippen molar-refractivity contribution in [3.8, 4) is 0 Å². The molecule has 4 N–H and O–H groups in total. The third-order valence-electron chi connectivity index (χ3n) is 5.23. The number of carbonyl (C=O) groups is 2. The van der Waals surface area contributed by atoms with Crippen molar-refractivity contribution < 1.29 is 14.7 Å². The van der Waals surface area contributed by atoms with Crippen LogP contribution in [0.5, 0.6) is 0 Å². The van der Waals surface area contributed by atoms with Crippen LogP contribution in [0, 0.1) is 0 Å². The molecule has 0 fully saturated rings. The third-order valence-corrected chi connectivity index (χ3v) is 5.23. The lowest BCUT2D eigenvalue weighted by atomic mass is 10.0. The summed E-state index contributed by atoms with van der Waals surface area (Å²) in [5.74, 6) is -0.850. The van der Waals surface area contributed by atoms with E-state index < -0.39 is 12.0 Å². The lowest BCUT2D eigenvalue weighted by Crippen LogP contribution is -2.30. The lowest BCUT2D eigenvalue weighted by molar-refractivity contribution is -0.138. The van der Waals surface area contributed by atoms with Gasteiger partial charge in [-0.05, 0) is 44.9 Å². The monoisotopic (exact) mass is 410 g/mol. The first-order chi connectivity index (χ1) is 14.1. The van der Waals surface area contributed by atoms with Gasteiger partial charge in [0.15, 0.2) is 0 Å². The van der Waals surface area contributed by atoms with Crippen molar-refractivity contribution in [1.29, 1.82) is 0 Å². The number of nitrogens with two attached hydrogens (primary N) is 1. The maximum Gasteiger partial charge on any atom is 0.320 e. The number of amides is 1. The van der Waals surface area contributed by atoms with Gasteiger partial charge in [0.2, 0.25) is 5.91 Å². The highest BCUT2D eigenvalue weighted by molar-refractivity contribution is 5.75. The summed E-state index contributed by atoms with van der Waals surface area (Å²) in [5, 5.41) is 11.6. The summed E-state index contributed by atoms with van der Waals surface area (Å²) in [6, 6.07) is -0.788. The number of rotatable bonds is 21. The minimum atomic E-state index is -0.958. The lowest BCUT2D eigenvalue weighted by Gasteiger charge is -2.07. The van der Waals surface area contributed by atoms with E-state index in [0.717, 1.165) is 25.7 Å². The second kappa shape index (κ2) is 21.4. The minimum Gasteiger partial charge on any atom is -0.480 e. The fourth-order valence-electron chi connectivity index (χ4n) is 3.29.